The summed E-state index contributed by atoms with van der Waals surface area (Å²) >= 11 is 0. The molecule has 4 nitrogen and oxygen atoms in total. The van der Waals surface area contributed by atoms with Crippen molar-refractivity contribution in [1.29, 1.82) is 0 Å². The normalized spacial score (nSPS) is 20.2. The molecule has 4 heteroatoms. The average molecular weight is 229 g/mol. The second kappa shape index (κ2) is 5.53. The molecule has 1 unspecified atom stereocenters. The first-order valence-electron chi connectivity index (χ1n) is 6.09. The van der Waals surface area contributed by atoms with Crippen LogP contribution in [-0.2, 0) is 4.74 Å². The number of nitrogens with one attached hydrogen (secondary N) is 1. The van der Waals surface area contributed by atoms with Crippen LogP contribution in [0.3, 0.4) is 0 Å². The minimum atomic E-state index is -0.996. The van der Waals surface area contributed by atoms with Gasteiger partial charge in [-0.05, 0) is 33.6 Å². The van der Waals surface area contributed by atoms with Gasteiger partial charge >= 0.3 is 6.09 Å². The molecule has 0 aromatic carbocycles. The maximum atomic E-state index is 11.5. The Hall–Kier alpha value is -0.770. The lowest BCUT2D eigenvalue weighted by Crippen LogP contribution is -2.43. The van der Waals surface area contributed by atoms with E-state index >= 15 is 0 Å². The van der Waals surface area contributed by atoms with Gasteiger partial charge in [0.05, 0.1) is 5.60 Å². The fourth-order valence-corrected chi connectivity index (χ4v) is 1.75. The number of alkyl carbamates (subject to hydrolysis) is 1. The number of amides is 1. The Morgan fingerprint density at radius 1 is 1.38 bits per heavy atom. The van der Waals surface area contributed by atoms with E-state index in [2.05, 4.69) is 5.32 Å². The molecule has 0 heterocycles. The molecule has 1 aliphatic carbocycles. The van der Waals surface area contributed by atoms with Gasteiger partial charge in [0.1, 0.15) is 6.10 Å². The molecular weight excluding hydrogens is 206 g/mol. The van der Waals surface area contributed by atoms with Crippen molar-refractivity contribution in [3.63, 3.8) is 0 Å². The van der Waals surface area contributed by atoms with Crippen LogP contribution in [0.5, 0.6) is 0 Å². The number of ether oxygens (including phenoxy) is 1. The summed E-state index contributed by atoms with van der Waals surface area (Å²) in [6.45, 7) is 4.96. The Balaban J connectivity index is 2.29. The van der Waals surface area contributed by atoms with Crippen LogP contribution in [0.25, 0.3) is 0 Å². The van der Waals surface area contributed by atoms with Gasteiger partial charge in [-0.15, -0.1) is 0 Å². The van der Waals surface area contributed by atoms with E-state index in [-0.39, 0.29) is 6.04 Å². The zero-order valence-corrected chi connectivity index (χ0v) is 10.5. The summed E-state index contributed by atoms with van der Waals surface area (Å²) in [5.41, 5.74) is -0.996. The standard InChI is InChI=1S/C12H23NO3/c1-9(12(2,3)15)16-11(14)13-10-7-5-4-6-8-10/h9-10,15H,4-8H2,1-3H3,(H,13,14). The van der Waals surface area contributed by atoms with Crippen LogP contribution in [0, 0.1) is 0 Å². The minimum absolute atomic E-state index is 0.246. The van der Waals surface area contributed by atoms with Crippen molar-refractivity contribution in [2.24, 2.45) is 0 Å². The van der Waals surface area contributed by atoms with E-state index in [0.717, 1.165) is 12.8 Å². The van der Waals surface area contributed by atoms with E-state index in [1.54, 1.807) is 20.8 Å². The fourth-order valence-electron chi connectivity index (χ4n) is 1.75. The van der Waals surface area contributed by atoms with E-state index in [0.29, 0.717) is 0 Å². The summed E-state index contributed by atoms with van der Waals surface area (Å²) in [5, 5.41) is 12.5. The lowest BCUT2D eigenvalue weighted by Gasteiger charge is -2.28. The first kappa shape index (κ1) is 13.3. The molecule has 0 saturated heterocycles. The predicted octanol–water partition coefficient (Wildman–Crippen LogP) is 2.20. The van der Waals surface area contributed by atoms with Crippen LogP contribution in [0.15, 0.2) is 0 Å². The summed E-state index contributed by atoms with van der Waals surface area (Å²) in [5.74, 6) is 0. The van der Waals surface area contributed by atoms with Crippen LogP contribution < -0.4 is 5.32 Å². The van der Waals surface area contributed by atoms with Gasteiger partial charge in [-0.1, -0.05) is 19.3 Å². The molecule has 0 aromatic rings. The minimum Gasteiger partial charge on any atom is -0.443 e. The van der Waals surface area contributed by atoms with E-state index in [1.807, 2.05) is 0 Å². The molecule has 1 amide bonds. The zero-order chi connectivity index (χ0) is 12.2. The summed E-state index contributed by atoms with van der Waals surface area (Å²) in [6.07, 6.45) is 4.75. The Morgan fingerprint density at radius 2 is 1.94 bits per heavy atom. The van der Waals surface area contributed by atoms with Gasteiger partial charge in [0.15, 0.2) is 0 Å². The van der Waals surface area contributed by atoms with E-state index < -0.39 is 17.8 Å². The Morgan fingerprint density at radius 3 is 2.44 bits per heavy atom. The molecule has 0 aliphatic heterocycles. The van der Waals surface area contributed by atoms with E-state index in [9.17, 15) is 9.90 Å². The summed E-state index contributed by atoms with van der Waals surface area (Å²) in [7, 11) is 0. The molecule has 94 valence electrons. The van der Waals surface area contributed by atoms with Gasteiger partial charge in [0, 0.05) is 6.04 Å². The fraction of sp³-hybridized carbons (Fsp3) is 0.917. The molecule has 2 N–H and O–H groups in total. The van der Waals surface area contributed by atoms with Gasteiger partial charge in [0.2, 0.25) is 0 Å². The number of carbonyl (C=O) groups is 1. The van der Waals surface area contributed by atoms with Gasteiger partial charge in [0.25, 0.3) is 0 Å². The number of carbonyl (C=O) groups excluding carboxylic acids is 1. The number of aliphatic hydroxyl groups is 1. The van der Waals surface area contributed by atoms with Crippen molar-refractivity contribution < 1.29 is 14.6 Å². The molecule has 1 atom stereocenters. The van der Waals surface area contributed by atoms with Gasteiger partial charge in [-0.25, -0.2) is 4.79 Å². The number of hydrogen-bond acceptors (Lipinski definition) is 3. The van der Waals surface area contributed by atoms with Crippen LogP contribution in [0.4, 0.5) is 4.79 Å². The summed E-state index contributed by atoms with van der Waals surface area (Å²) in [4.78, 5) is 11.5. The lowest BCUT2D eigenvalue weighted by molar-refractivity contribution is -0.0466. The Kier molecular flexibility index (Phi) is 4.59. The van der Waals surface area contributed by atoms with Gasteiger partial charge in [-0.2, -0.15) is 0 Å². The smallest absolute Gasteiger partial charge is 0.407 e. The number of rotatable bonds is 3. The third kappa shape index (κ3) is 4.39. The first-order chi connectivity index (χ1) is 7.39. The third-order valence-electron chi connectivity index (χ3n) is 3.21. The second-order valence-corrected chi connectivity index (χ2v) is 5.18. The first-order valence-corrected chi connectivity index (χ1v) is 6.09. The third-order valence-corrected chi connectivity index (χ3v) is 3.21. The summed E-state index contributed by atoms with van der Waals surface area (Å²) < 4.78 is 5.12. The van der Waals surface area contributed by atoms with Gasteiger partial charge < -0.3 is 15.2 Å². The molecule has 1 rings (SSSR count). The van der Waals surface area contributed by atoms with E-state index in [1.165, 1.54) is 19.3 Å². The Bertz CT molecular complexity index is 229. The van der Waals surface area contributed by atoms with E-state index in [4.69, 9.17) is 4.74 Å². The highest BCUT2D eigenvalue weighted by Gasteiger charge is 2.26. The highest BCUT2D eigenvalue weighted by atomic mass is 16.6. The summed E-state index contributed by atoms with van der Waals surface area (Å²) in [6, 6.07) is 0.246. The van der Waals surface area contributed by atoms with Crippen molar-refractivity contribution in [2.45, 2.75) is 70.6 Å². The Labute approximate surface area is 97.4 Å². The van der Waals surface area contributed by atoms with Crippen molar-refractivity contribution in [2.75, 3.05) is 0 Å². The van der Waals surface area contributed by atoms with Crippen LogP contribution >= 0.6 is 0 Å². The SMILES string of the molecule is CC(OC(=O)NC1CCCCC1)C(C)(C)O. The molecule has 1 aliphatic rings. The second-order valence-electron chi connectivity index (χ2n) is 5.18. The van der Waals surface area contributed by atoms with Crippen molar-refractivity contribution >= 4 is 6.09 Å². The predicted molar refractivity (Wildman–Crippen MR) is 62.2 cm³/mol. The van der Waals surface area contributed by atoms with Crippen molar-refractivity contribution in [3.8, 4) is 0 Å². The lowest BCUT2D eigenvalue weighted by atomic mass is 9.96. The molecule has 16 heavy (non-hydrogen) atoms. The molecule has 0 spiro atoms. The van der Waals surface area contributed by atoms with Gasteiger partial charge in [-0.3, -0.25) is 0 Å². The molecule has 1 saturated carbocycles. The van der Waals surface area contributed by atoms with Crippen molar-refractivity contribution in [1.82, 2.24) is 5.32 Å². The highest BCUT2D eigenvalue weighted by Crippen LogP contribution is 2.18. The van der Waals surface area contributed by atoms with Crippen LogP contribution in [-0.4, -0.2) is 28.9 Å². The largest absolute Gasteiger partial charge is 0.443 e. The maximum Gasteiger partial charge on any atom is 0.407 e. The molecule has 0 aromatic heterocycles. The topological polar surface area (TPSA) is 58.6 Å². The van der Waals surface area contributed by atoms with Crippen LogP contribution in [0.2, 0.25) is 0 Å². The maximum absolute atomic E-state index is 11.5. The monoisotopic (exact) mass is 229 g/mol. The quantitative estimate of drug-likeness (QED) is 0.780. The molecular formula is C12H23NO3. The molecule has 1 fully saturated rings. The average Bonchev–Trinajstić information content (AvgIpc) is 2.17. The highest BCUT2D eigenvalue weighted by molar-refractivity contribution is 5.67. The molecule has 0 bridgehead atoms. The van der Waals surface area contributed by atoms with Crippen molar-refractivity contribution in [3.05, 3.63) is 0 Å². The zero-order valence-electron chi connectivity index (χ0n) is 10.5. The number of hydrogen-bond donors (Lipinski definition) is 2. The van der Waals surface area contributed by atoms with Crippen LogP contribution in [0.1, 0.15) is 52.9 Å². The molecule has 0 radical (unpaired) electrons.